The van der Waals surface area contributed by atoms with Crippen LogP contribution < -0.4 is 5.32 Å². The lowest BCUT2D eigenvalue weighted by molar-refractivity contribution is -0.140. The zero-order valence-electron chi connectivity index (χ0n) is 11.3. The van der Waals surface area contributed by atoms with E-state index in [0.29, 0.717) is 5.92 Å². The van der Waals surface area contributed by atoms with Gasteiger partial charge in [0.15, 0.2) is 0 Å². The van der Waals surface area contributed by atoms with Crippen LogP contribution in [0.3, 0.4) is 0 Å². The van der Waals surface area contributed by atoms with E-state index in [4.69, 9.17) is 5.11 Å². The fourth-order valence-electron chi connectivity index (χ4n) is 2.30. The van der Waals surface area contributed by atoms with Crippen molar-refractivity contribution < 1.29 is 14.7 Å². The number of carbonyl (C=O) groups excluding carboxylic acids is 1. The number of hydrogen-bond acceptors (Lipinski definition) is 2. The van der Waals surface area contributed by atoms with Crippen LogP contribution in [-0.2, 0) is 4.79 Å². The van der Waals surface area contributed by atoms with Crippen LogP contribution in [0, 0.1) is 11.8 Å². The topological polar surface area (TPSA) is 69.6 Å². The fourth-order valence-corrected chi connectivity index (χ4v) is 2.30. The molecule has 5 nitrogen and oxygen atoms in total. The van der Waals surface area contributed by atoms with Crippen molar-refractivity contribution >= 4 is 12.0 Å². The molecule has 0 radical (unpaired) electrons. The highest BCUT2D eigenvalue weighted by molar-refractivity contribution is 5.75. The van der Waals surface area contributed by atoms with Crippen LogP contribution in [0.2, 0.25) is 0 Å². The summed E-state index contributed by atoms with van der Waals surface area (Å²) in [6, 6.07) is -0.173. The van der Waals surface area contributed by atoms with Crippen LogP contribution in [0.5, 0.6) is 0 Å². The second-order valence-corrected chi connectivity index (χ2v) is 5.31. The first kappa shape index (κ1) is 14.8. The number of urea groups is 1. The smallest absolute Gasteiger partial charge is 0.317 e. The Balaban J connectivity index is 2.25. The highest BCUT2D eigenvalue weighted by atomic mass is 16.4. The average Bonchev–Trinajstić information content (AvgIpc) is 2.36. The molecule has 0 spiro atoms. The molecule has 2 N–H and O–H groups in total. The van der Waals surface area contributed by atoms with Crippen LogP contribution in [-0.4, -0.2) is 42.1 Å². The summed E-state index contributed by atoms with van der Waals surface area (Å²) in [7, 11) is 1.77. The third-order valence-electron chi connectivity index (χ3n) is 3.58. The monoisotopic (exact) mass is 256 g/mol. The molecule has 0 aliphatic heterocycles. The molecule has 0 saturated heterocycles. The van der Waals surface area contributed by atoms with E-state index in [0.717, 1.165) is 6.54 Å². The highest BCUT2D eigenvalue weighted by Gasteiger charge is 2.19. The first-order chi connectivity index (χ1) is 8.50. The minimum Gasteiger partial charge on any atom is -0.481 e. The summed E-state index contributed by atoms with van der Waals surface area (Å²) in [5.74, 6) is -0.825. The van der Waals surface area contributed by atoms with Crippen LogP contribution in [0.4, 0.5) is 4.79 Å². The molecule has 1 aliphatic rings. The van der Waals surface area contributed by atoms with E-state index in [1.165, 1.54) is 32.1 Å². The van der Waals surface area contributed by atoms with Gasteiger partial charge < -0.3 is 15.3 Å². The molecule has 18 heavy (non-hydrogen) atoms. The first-order valence-corrected chi connectivity index (χ1v) is 6.72. The molecule has 1 aliphatic carbocycles. The molecule has 1 unspecified atom stereocenters. The van der Waals surface area contributed by atoms with Crippen molar-refractivity contribution in [3.63, 3.8) is 0 Å². The van der Waals surface area contributed by atoms with E-state index in [-0.39, 0.29) is 12.6 Å². The van der Waals surface area contributed by atoms with E-state index < -0.39 is 11.9 Å². The Labute approximate surface area is 109 Å². The van der Waals surface area contributed by atoms with Gasteiger partial charge in [0.25, 0.3) is 0 Å². The maximum absolute atomic E-state index is 11.8. The van der Waals surface area contributed by atoms with Crippen molar-refractivity contribution in [1.29, 1.82) is 0 Å². The van der Waals surface area contributed by atoms with Crippen LogP contribution in [0.15, 0.2) is 0 Å². The Bertz CT molecular complexity index is 288. The van der Waals surface area contributed by atoms with E-state index in [2.05, 4.69) is 5.32 Å². The molecule has 2 amide bonds. The molecule has 1 fully saturated rings. The van der Waals surface area contributed by atoms with Gasteiger partial charge >= 0.3 is 12.0 Å². The normalized spacial score (nSPS) is 18.1. The van der Waals surface area contributed by atoms with Gasteiger partial charge in [-0.3, -0.25) is 4.79 Å². The quantitative estimate of drug-likeness (QED) is 0.789. The minimum atomic E-state index is -0.884. The largest absolute Gasteiger partial charge is 0.481 e. The molecule has 0 bridgehead atoms. The number of aliphatic carboxylic acids is 1. The van der Waals surface area contributed by atoms with Crippen molar-refractivity contribution in [1.82, 2.24) is 10.2 Å². The number of carbonyl (C=O) groups is 2. The summed E-state index contributed by atoms with van der Waals surface area (Å²) >= 11 is 0. The second-order valence-electron chi connectivity index (χ2n) is 5.31. The molecule has 0 aromatic heterocycles. The summed E-state index contributed by atoms with van der Waals surface area (Å²) in [5, 5.41) is 11.4. The molecule has 0 heterocycles. The summed E-state index contributed by atoms with van der Waals surface area (Å²) < 4.78 is 0. The van der Waals surface area contributed by atoms with Gasteiger partial charge in [-0.05, 0) is 18.8 Å². The van der Waals surface area contributed by atoms with Gasteiger partial charge in [0, 0.05) is 20.1 Å². The van der Waals surface area contributed by atoms with Gasteiger partial charge in [-0.1, -0.05) is 26.2 Å². The summed E-state index contributed by atoms with van der Waals surface area (Å²) in [6.45, 7) is 2.54. The Morgan fingerprint density at radius 2 is 1.94 bits per heavy atom. The Morgan fingerprint density at radius 3 is 2.50 bits per heavy atom. The Kier molecular flexibility index (Phi) is 5.95. The number of nitrogens with zero attached hydrogens (tertiary/aromatic N) is 1. The molecule has 1 rings (SSSR count). The number of hydrogen-bond donors (Lipinski definition) is 2. The number of nitrogens with one attached hydrogen (secondary N) is 1. The number of rotatable bonds is 5. The molecular weight excluding hydrogens is 232 g/mol. The maximum Gasteiger partial charge on any atom is 0.317 e. The van der Waals surface area contributed by atoms with E-state index in [9.17, 15) is 9.59 Å². The maximum atomic E-state index is 11.8. The molecule has 0 aromatic carbocycles. The van der Waals surface area contributed by atoms with Crippen molar-refractivity contribution in [2.75, 3.05) is 20.1 Å². The Hall–Kier alpha value is -1.26. The van der Waals surface area contributed by atoms with Gasteiger partial charge in [0.2, 0.25) is 0 Å². The van der Waals surface area contributed by atoms with E-state index >= 15 is 0 Å². The average molecular weight is 256 g/mol. The minimum absolute atomic E-state index is 0.173. The highest BCUT2D eigenvalue weighted by Crippen LogP contribution is 2.23. The van der Waals surface area contributed by atoms with Gasteiger partial charge in [-0.25, -0.2) is 4.79 Å². The fraction of sp³-hybridized carbons (Fsp3) is 0.846. The summed E-state index contributed by atoms with van der Waals surface area (Å²) in [5.41, 5.74) is 0. The number of carboxylic acids is 1. The van der Waals surface area contributed by atoms with Gasteiger partial charge in [-0.15, -0.1) is 0 Å². The zero-order chi connectivity index (χ0) is 13.5. The Morgan fingerprint density at radius 1 is 1.33 bits per heavy atom. The van der Waals surface area contributed by atoms with Crippen LogP contribution in [0.1, 0.15) is 39.0 Å². The van der Waals surface area contributed by atoms with Crippen molar-refractivity contribution in [3.8, 4) is 0 Å². The molecule has 1 atom stereocenters. The molecule has 104 valence electrons. The van der Waals surface area contributed by atoms with E-state index in [1.807, 2.05) is 0 Å². The van der Waals surface area contributed by atoms with Crippen molar-refractivity contribution in [2.45, 2.75) is 39.0 Å². The SMILES string of the molecule is CC(CNC(=O)N(C)CC1CCCCC1)C(=O)O. The first-order valence-electron chi connectivity index (χ1n) is 6.72. The summed E-state index contributed by atoms with van der Waals surface area (Å²) in [6.07, 6.45) is 6.22. The third-order valence-corrected chi connectivity index (χ3v) is 3.58. The van der Waals surface area contributed by atoms with E-state index in [1.54, 1.807) is 18.9 Å². The molecule has 0 aromatic rings. The van der Waals surface area contributed by atoms with Gasteiger partial charge in [-0.2, -0.15) is 0 Å². The van der Waals surface area contributed by atoms with Crippen molar-refractivity contribution in [2.24, 2.45) is 11.8 Å². The van der Waals surface area contributed by atoms with Crippen LogP contribution >= 0.6 is 0 Å². The van der Waals surface area contributed by atoms with Crippen LogP contribution in [0.25, 0.3) is 0 Å². The second kappa shape index (κ2) is 7.24. The number of amides is 2. The lowest BCUT2D eigenvalue weighted by Crippen LogP contribution is -2.42. The predicted molar refractivity (Wildman–Crippen MR) is 69.4 cm³/mol. The summed E-state index contributed by atoms with van der Waals surface area (Å²) in [4.78, 5) is 24.1. The lowest BCUT2D eigenvalue weighted by atomic mass is 9.89. The standard InChI is InChI=1S/C13H24N2O3/c1-10(12(16)17)8-14-13(18)15(2)9-11-6-4-3-5-7-11/h10-11H,3-9H2,1-2H3,(H,14,18)(H,16,17). The van der Waals surface area contributed by atoms with Gasteiger partial charge in [0.05, 0.1) is 5.92 Å². The molecule has 5 heteroatoms. The predicted octanol–water partition coefficient (Wildman–Crippen LogP) is 1.93. The zero-order valence-corrected chi connectivity index (χ0v) is 11.3. The molecular formula is C13H24N2O3. The van der Waals surface area contributed by atoms with Gasteiger partial charge in [0.1, 0.15) is 0 Å². The molecule has 1 saturated carbocycles. The van der Waals surface area contributed by atoms with Crippen molar-refractivity contribution in [3.05, 3.63) is 0 Å². The lowest BCUT2D eigenvalue weighted by Gasteiger charge is -2.27. The third kappa shape index (κ3) is 4.94. The number of carboxylic acid groups (broad SMARTS) is 1.